The van der Waals surface area contributed by atoms with E-state index < -0.39 is 0 Å². The summed E-state index contributed by atoms with van der Waals surface area (Å²) < 4.78 is 1.83. The van der Waals surface area contributed by atoms with Gasteiger partial charge in [0.15, 0.2) is 5.82 Å². The molecular formula is C18H22N6. The first-order valence-corrected chi connectivity index (χ1v) is 7.89. The predicted molar refractivity (Wildman–Crippen MR) is 96.7 cm³/mol. The Bertz CT molecular complexity index is 820. The molecule has 3 rings (SSSR count). The van der Waals surface area contributed by atoms with E-state index in [0.717, 1.165) is 23.0 Å². The Kier molecular flexibility index (Phi) is 4.46. The van der Waals surface area contributed by atoms with Gasteiger partial charge in [-0.25, -0.2) is 14.6 Å². The topological polar surface area (TPSA) is 58.9 Å². The van der Waals surface area contributed by atoms with Gasteiger partial charge in [-0.3, -0.25) is 0 Å². The van der Waals surface area contributed by atoms with Crippen molar-refractivity contribution in [1.29, 1.82) is 0 Å². The van der Waals surface area contributed by atoms with Gasteiger partial charge in [-0.1, -0.05) is 12.1 Å². The summed E-state index contributed by atoms with van der Waals surface area (Å²) in [6, 6.07) is 12.4. The molecule has 0 spiro atoms. The summed E-state index contributed by atoms with van der Waals surface area (Å²) in [5.41, 5.74) is 4.41. The first-order chi connectivity index (χ1) is 11.5. The lowest BCUT2D eigenvalue weighted by Gasteiger charge is -2.13. The molecule has 0 aliphatic rings. The van der Waals surface area contributed by atoms with Crippen LogP contribution in [0.2, 0.25) is 0 Å². The van der Waals surface area contributed by atoms with Gasteiger partial charge in [-0.05, 0) is 37.6 Å². The van der Waals surface area contributed by atoms with Gasteiger partial charge in [0.1, 0.15) is 12.1 Å². The predicted octanol–water partition coefficient (Wildman–Crippen LogP) is 2.96. The molecule has 0 unspecified atom stereocenters. The third kappa shape index (κ3) is 3.53. The molecule has 0 aliphatic carbocycles. The quantitative estimate of drug-likeness (QED) is 0.782. The highest BCUT2D eigenvalue weighted by Gasteiger charge is 2.06. The number of benzene rings is 1. The zero-order valence-corrected chi connectivity index (χ0v) is 14.5. The third-order valence-electron chi connectivity index (χ3n) is 3.81. The number of aromatic nitrogens is 4. The van der Waals surface area contributed by atoms with Gasteiger partial charge >= 0.3 is 0 Å². The molecule has 0 atom stereocenters. The van der Waals surface area contributed by atoms with Crippen LogP contribution in [0.4, 0.5) is 11.5 Å². The zero-order chi connectivity index (χ0) is 17.1. The van der Waals surface area contributed by atoms with Crippen molar-refractivity contribution in [1.82, 2.24) is 19.7 Å². The van der Waals surface area contributed by atoms with E-state index in [4.69, 9.17) is 0 Å². The van der Waals surface area contributed by atoms with Crippen molar-refractivity contribution in [2.45, 2.75) is 20.4 Å². The minimum absolute atomic E-state index is 0.710. The zero-order valence-electron chi connectivity index (χ0n) is 14.5. The third-order valence-corrected chi connectivity index (χ3v) is 3.81. The summed E-state index contributed by atoms with van der Waals surface area (Å²) >= 11 is 0. The average Bonchev–Trinajstić information content (AvgIpc) is 2.92. The van der Waals surface area contributed by atoms with Gasteiger partial charge in [0.25, 0.3) is 0 Å². The van der Waals surface area contributed by atoms with Crippen molar-refractivity contribution in [3.8, 4) is 5.82 Å². The van der Waals surface area contributed by atoms with Crippen molar-refractivity contribution in [3.63, 3.8) is 0 Å². The average molecular weight is 322 g/mol. The van der Waals surface area contributed by atoms with E-state index in [-0.39, 0.29) is 0 Å². The van der Waals surface area contributed by atoms with Crippen molar-refractivity contribution in [3.05, 3.63) is 59.7 Å². The highest BCUT2D eigenvalue weighted by Crippen LogP contribution is 2.15. The standard InChI is InChI=1S/C18H22N6/c1-13-9-14(2)24(22-13)18-10-17(20-12-21-18)19-11-15-5-7-16(8-6-15)23(3)4/h5-10,12H,11H2,1-4H3,(H,19,20,21). The molecule has 0 radical (unpaired) electrons. The van der Waals surface area contributed by atoms with E-state index in [2.05, 4.69) is 49.5 Å². The fourth-order valence-corrected chi connectivity index (χ4v) is 2.52. The van der Waals surface area contributed by atoms with Gasteiger partial charge in [-0.2, -0.15) is 5.10 Å². The summed E-state index contributed by atoms with van der Waals surface area (Å²) in [6.07, 6.45) is 1.56. The van der Waals surface area contributed by atoms with Crippen molar-refractivity contribution in [2.75, 3.05) is 24.3 Å². The summed E-state index contributed by atoms with van der Waals surface area (Å²) in [5.74, 6) is 1.55. The smallest absolute Gasteiger partial charge is 0.159 e. The SMILES string of the molecule is Cc1cc(C)n(-c2cc(NCc3ccc(N(C)C)cc3)ncn2)n1. The Morgan fingerprint density at radius 1 is 1.04 bits per heavy atom. The van der Waals surface area contributed by atoms with Gasteiger partial charge < -0.3 is 10.2 Å². The van der Waals surface area contributed by atoms with Crippen LogP contribution >= 0.6 is 0 Å². The number of hydrogen-bond donors (Lipinski definition) is 1. The highest BCUT2D eigenvalue weighted by atomic mass is 15.3. The molecule has 0 saturated heterocycles. The van der Waals surface area contributed by atoms with Crippen molar-refractivity contribution >= 4 is 11.5 Å². The van der Waals surface area contributed by atoms with Crippen LogP contribution in [-0.4, -0.2) is 33.8 Å². The van der Waals surface area contributed by atoms with Crippen LogP contribution in [0.25, 0.3) is 5.82 Å². The molecule has 124 valence electrons. The molecule has 0 fully saturated rings. The molecule has 1 aromatic carbocycles. The number of rotatable bonds is 5. The second-order valence-electron chi connectivity index (χ2n) is 6.01. The molecule has 0 aliphatic heterocycles. The maximum Gasteiger partial charge on any atom is 0.159 e. The number of aryl methyl sites for hydroxylation is 2. The number of hydrogen-bond acceptors (Lipinski definition) is 5. The lowest BCUT2D eigenvalue weighted by atomic mass is 10.2. The van der Waals surface area contributed by atoms with Crippen molar-refractivity contribution in [2.24, 2.45) is 0 Å². The fraction of sp³-hybridized carbons (Fsp3) is 0.278. The van der Waals surface area contributed by atoms with Crippen LogP contribution in [0, 0.1) is 13.8 Å². The Labute approximate surface area is 142 Å². The monoisotopic (exact) mass is 322 g/mol. The molecule has 6 nitrogen and oxygen atoms in total. The summed E-state index contributed by atoms with van der Waals surface area (Å²) in [7, 11) is 4.07. The summed E-state index contributed by atoms with van der Waals surface area (Å²) in [6.45, 7) is 4.70. The molecule has 1 N–H and O–H groups in total. The fourth-order valence-electron chi connectivity index (χ4n) is 2.52. The largest absolute Gasteiger partial charge is 0.378 e. The van der Waals surface area contributed by atoms with Crippen LogP contribution < -0.4 is 10.2 Å². The van der Waals surface area contributed by atoms with Crippen molar-refractivity contribution < 1.29 is 0 Å². The Morgan fingerprint density at radius 2 is 1.79 bits per heavy atom. The van der Waals surface area contributed by atoms with E-state index in [0.29, 0.717) is 6.54 Å². The Morgan fingerprint density at radius 3 is 2.42 bits per heavy atom. The first-order valence-electron chi connectivity index (χ1n) is 7.89. The molecule has 2 heterocycles. The minimum atomic E-state index is 0.710. The second kappa shape index (κ2) is 6.70. The normalized spacial score (nSPS) is 10.7. The van der Waals surface area contributed by atoms with Gasteiger partial charge in [0, 0.05) is 38.1 Å². The van der Waals surface area contributed by atoms with Gasteiger partial charge in [0.2, 0.25) is 0 Å². The molecule has 0 amide bonds. The van der Waals surface area contributed by atoms with Crippen LogP contribution in [-0.2, 0) is 6.54 Å². The lowest BCUT2D eigenvalue weighted by Crippen LogP contribution is -2.09. The highest BCUT2D eigenvalue weighted by molar-refractivity contribution is 5.47. The molecule has 2 aromatic heterocycles. The van der Waals surface area contributed by atoms with Gasteiger partial charge in [0.05, 0.1) is 5.69 Å². The molecule has 24 heavy (non-hydrogen) atoms. The van der Waals surface area contributed by atoms with E-state index in [1.165, 1.54) is 11.3 Å². The summed E-state index contributed by atoms with van der Waals surface area (Å²) in [5, 5.41) is 7.80. The van der Waals surface area contributed by atoms with Crippen LogP contribution in [0.5, 0.6) is 0 Å². The maximum atomic E-state index is 4.46. The maximum absolute atomic E-state index is 4.46. The van der Waals surface area contributed by atoms with E-state index >= 15 is 0 Å². The molecule has 3 aromatic rings. The molecule has 0 bridgehead atoms. The van der Waals surface area contributed by atoms with E-state index in [1.807, 2.05) is 44.8 Å². The van der Waals surface area contributed by atoms with Gasteiger partial charge in [-0.15, -0.1) is 0 Å². The molecular weight excluding hydrogens is 300 g/mol. The molecule has 0 saturated carbocycles. The summed E-state index contributed by atoms with van der Waals surface area (Å²) in [4.78, 5) is 10.7. The van der Waals surface area contributed by atoms with E-state index in [1.54, 1.807) is 6.33 Å². The lowest BCUT2D eigenvalue weighted by molar-refractivity contribution is 0.800. The van der Waals surface area contributed by atoms with Crippen LogP contribution in [0.1, 0.15) is 17.0 Å². The number of nitrogens with one attached hydrogen (secondary N) is 1. The first kappa shape index (κ1) is 16.0. The van der Waals surface area contributed by atoms with Crippen LogP contribution in [0.15, 0.2) is 42.7 Å². The number of anilines is 2. The Hall–Kier alpha value is -2.89. The Balaban J connectivity index is 1.72. The molecule has 6 heteroatoms. The van der Waals surface area contributed by atoms with Crippen LogP contribution in [0.3, 0.4) is 0 Å². The minimum Gasteiger partial charge on any atom is -0.378 e. The number of nitrogens with zero attached hydrogens (tertiary/aromatic N) is 5. The second-order valence-corrected chi connectivity index (χ2v) is 6.01. The van der Waals surface area contributed by atoms with E-state index in [9.17, 15) is 0 Å².